The van der Waals surface area contributed by atoms with E-state index in [4.69, 9.17) is 10.5 Å². The van der Waals surface area contributed by atoms with E-state index in [-0.39, 0.29) is 6.42 Å². The van der Waals surface area contributed by atoms with Crippen LogP contribution in [0.4, 0.5) is 10.5 Å². The first-order valence-electron chi connectivity index (χ1n) is 6.80. The highest BCUT2D eigenvalue weighted by Gasteiger charge is 2.41. The van der Waals surface area contributed by atoms with Crippen LogP contribution in [0.25, 0.3) is 0 Å². The predicted octanol–water partition coefficient (Wildman–Crippen LogP) is 1.90. The molecule has 114 valence electrons. The fraction of sp³-hybridized carbons (Fsp3) is 0.467. The maximum Gasteiger partial charge on any atom is 0.415 e. The van der Waals surface area contributed by atoms with E-state index in [0.717, 1.165) is 11.1 Å². The molecule has 0 saturated heterocycles. The average molecular weight is 292 g/mol. The van der Waals surface area contributed by atoms with E-state index in [9.17, 15) is 14.7 Å². The van der Waals surface area contributed by atoms with Crippen molar-refractivity contribution >= 4 is 17.7 Å². The minimum Gasteiger partial charge on any atom is -0.480 e. The van der Waals surface area contributed by atoms with Crippen molar-refractivity contribution in [2.24, 2.45) is 5.73 Å². The Morgan fingerprint density at radius 1 is 1.43 bits per heavy atom. The molecule has 1 amide bonds. The van der Waals surface area contributed by atoms with Gasteiger partial charge in [-0.3, -0.25) is 4.90 Å². The van der Waals surface area contributed by atoms with Gasteiger partial charge in [-0.1, -0.05) is 12.1 Å². The monoisotopic (exact) mass is 292 g/mol. The molecule has 0 aliphatic carbocycles. The molecule has 1 aliphatic rings. The zero-order valence-electron chi connectivity index (χ0n) is 12.4. The molecule has 0 bridgehead atoms. The van der Waals surface area contributed by atoms with Crippen LogP contribution < -0.4 is 10.6 Å². The number of carbonyl (C=O) groups is 2. The van der Waals surface area contributed by atoms with Gasteiger partial charge in [0.15, 0.2) is 0 Å². The Morgan fingerprint density at radius 3 is 2.62 bits per heavy atom. The van der Waals surface area contributed by atoms with Crippen LogP contribution >= 0.6 is 0 Å². The molecule has 1 heterocycles. The summed E-state index contributed by atoms with van der Waals surface area (Å²) in [5, 5.41) is 9.39. The summed E-state index contributed by atoms with van der Waals surface area (Å²) >= 11 is 0. The van der Waals surface area contributed by atoms with Gasteiger partial charge in [0.25, 0.3) is 0 Å². The van der Waals surface area contributed by atoms with Gasteiger partial charge in [0, 0.05) is 13.0 Å². The van der Waals surface area contributed by atoms with Crippen molar-refractivity contribution in [1.82, 2.24) is 0 Å². The van der Waals surface area contributed by atoms with Crippen LogP contribution in [0.1, 0.15) is 31.9 Å². The third-order valence-electron chi connectivity index (χ3n) is 3.31. The molecule has 0 radical (unpaired) electrons. The summed E-state index contributed by atoms with van der Waals surface area (Å²) in [7, 11) is 0. The van der Waals surface area contributed by atoms with E-state index in [1.807, 2.05) is 6.07 Å². The number of amides is 1. The minimum absolute atomic E-state index is 0.247. The lowest BCUT2D eigenvalue weighted by atomic mass is 10.0. The maximum atomic E-state index is 12.3. The lowest BCUT2D eigenvalue weighted by molar-refractivity contribution is -0.138. The fourth-order valence-corrected chi connectivity index (χ4v) is 2.46. The van der Waals surface area contributed by atoms with Crippen LogP contribution in [0.2, 0.25) is 0 Å². The first-order chi connectivity index (χ1) is 9.74. The van der Waals surface area contributed by atoms with E-state index in [1.165, 1.54) is 4.90 Å². The van der Waals surface area contributed by atoms with Gasteiger partial charge in [0.05, 0.1) is 5.69 Å². The summed E-state index contributed by atoms with van der Waals surface area (Å²) in [5.41, 5.74) is 7.22. The number of carboxylic acids is 1. The standard InChI is InChI=1S/C15H20N2O4/c1-15(2,3)21-14(20)17-11-6-4-5-9(8-16)10(11)7-12(17)13(18)19/h4-6,12H,7-8,16H2,1-3H3,(H,18,19). The fourth-order valence-electron chi connectivity index (χ4n) is 2.46. The van der Waals surface area contributed by atoms with Crippen molar-refractivity contribution in [2.75, 3.05) is 4.90 Å². The molecule has 0 aromatic heterocycles. The Kier molecular flexibility index (Phi) is 3.91. The van der Waals surface area contributed by atoms with E-state index in [2.05, 4.69) is 0 Å². The quantitative estimate of drug-likeness (QED) is 0.868. The maximum absolute atomic E-state index is 12.3. The third kappa shape index (κ3) is 3.00. The molecule has 6 heteroatoms. The molecule has 0 spiro atoms. The second kappa shape index (κ2) is 5.37. The molecular weight excluding hydrogens is 272 g/mol. The highest BCUT2D eigenvalue weighted by molar-refractivity contribution is 5.98. The van der Waals surface area contributed by atoms with Gasteiger partial charge < -0.3 is 15.6 Å². The van der Waals surface area contributed by atoms with E-state index in [0.29, 0.717) is 12.2 Å². The molecule has 6 nitrogen and oxygen atoms in total. The molecule has 3 N–H and O–H groups in total. The number of benzene rings is 1. The van der Waals surface area contributed by atoms with Gasteiger partial charge in [0.2, 0.25) is 0 Å². The van der Waals surface area contributed by atoms with E-state index < -0.39 is 23.7 Å². The van der Waals surface area contributed by atoms with Gasteiger partial charge in [-0.15, -0.1) is 0 Å². The summed E-state index contributed by atoms with van der Waals surface area (Å²) in [6.45, 7) is 5.54. The Balaban J connectivity index is 2.43. The second-order valence-electron chi connectivity index (χ2n) is 6.03. The number of nitrogens with two attached hydrogens (primary N) is 1. The van der Waals surface area contributed by atoms with Crippen LogP contribution in [0.3, 0.4) is 0 Å². The lowest BCUT2D eigenvalue weighted by Crippen LogP contribution is -2.45. The number of carbonyl (C=O) groups excluding carboxylic acids is 1. The smallest absolute Gasteiger partial charge is 0.415 e. The Bertz CT molecular complexity index is 578. The molecule has 1 aromatic carbocycles. The zero-order valence-corrected chi connectivity index (χ0v) is 12.4. The normalized spacial score (nSPS) is 17.5. The summed E-state index contributed by atoms with van der Waals surface area (Å²) in [6, 6.07) is 4.38. The van der Waals surface area contributed by atoms with Crippen LogP contribution in [-0.4, -0.2) is 28.8 Å². The summed E-state index contributed by atoms with van der Waals surface area (Å²) in [5.74, 6) is -1.06. The minimum atomic E-state index is -1.06. The number of rotatable bonds is 2. The molecule has 1 aliphatic heterocycles. The summed E-state index contributed by atoms with van der Waals surface area (Å²) in [6.07, 6.45) is -0.403. The molecule has 0 fully saturated rings. The lowest BCUT2D eigenvalue weighted by Gasteiger charge is -2.27. The van der Waals surface area contributed by atoms with Crippen LogP contribution in [0, 0.1) is 0 Å². The van der Waals surface area contributed by atoms with Crippen molar-refractivity contribution in [3.8, 4) is 0 Å². The number of hydrogen-bond acceptors (Lipinski definition) is 4. The van der Waals surface area contributed by atoms with E-state index >= 15 is 0 Å². The van der Waals surface area contributed by atoms with Crippen molar-refractivity contribution in [3.63, 3.8) is 0 Å². The molecule has 1 aromatic rings. The van der Waals surface area contributed by atoms with Gasteiger partial charge in [-0.25, -0.2) is 9.59 Å². The zero-order chi connectivity index (χ0) is 15.8. The van der Waals surface area contributed by atoms with Gasteiger partial charge >= 0.3 is 12.1 Å². The number of hydrogen-bond donors (Lipinski definition) is 2. The number of anilines is 1. The van der Waals surface area contributed by atoms with Crippen LogP contribution in [0.15, 0.2) is 18.2 Å². The van der Waals surface area contributed by atoms with Crippen molar-refractivity contribution in [3.05, 3.63) is 29.3 Å². The van der Waals surface area contributed by atoms with Gasteiger partial charge in [-0.05, 0) is 38.0 Å². The third-order valence-corrected chi connectivity index (χ3v) is 3.31. The number of fused-ring (bicyclic) bond motifs is 1. The highest BCUT2D eigenvalue weighted by Crippen LogP contribution is 2.35. The first kappa shape index (κ1) is 15.3. The largest absolute Gasteiger partial charge is 0.480 e. The second-order valence-corrected chi connectivity index (χ2v) is 6.03. The SMILES string of the molecule is CC(C)(C)OC(=O)N1c2cccc(CN)c2CC1C(=O)O. The Hall–Kier alpha value is -2.08. The Morgan fingerprint density at radius 2 is 2.10 bits per heavy atom. The number of nitrogens with zero attached hydrogens (tertiary/aromatic N) is 1. The van der Waals surface area contributed by atoms with Crippen LogP contribution in [0.5, 0.6) is 0 Å². The molecule has 21 heavy (non-hydrogen) atoms. The molecule has 2 rings (SSSR count). The molecule has 1 atom stereocenters. The first-order valence-corrected chi connectivity index (χ1v) is 6.80. The van der Waals surface area contributed by atoms with Crippen molar-refractivity contribution < 1.29 is 19.4 Å². The number of aliphatic carboxylic acids is 1. The summed E-state index contributed by atoms with van der Waals surface area (Å²) < 4.78 is 5.32. The molecule has 0 saturated carbocycles. The summed E-state index contributed by atoms with van der Waals surface area (Å²) in [4.78, 5) is 25.0. The van der Waals surface area contributed by atoms with Gasteiger partial charge in [0.1, 0.15) is 11.6 Å². The highest BCUT2D eigenvalue weighted by atomic mass is 16.6. The van der Waals surface area contributed by atoms with Crippen LogP contribution in [-0.2, 0) is 22.5 Å². The van der Waals surface area contributed by atoms with E-state index in [1.54, 1.807) is 32.9 Å². The Labute approximate surface area is 123 Å². The average Bonchev–Trinajstić information content (AvgIpc) is 2.75. The van der Waals surface area contributed by atoms with Crippen molar-refractivity contribution in [1.29, 1.82) is 0 Å². The molecular formula is C15H20N2O4. The molecule has 1 unspecified atom stereocenters. The number of ether oxygens (including phenoxy) is 1. The predicted molar refractivity (Wildman–Crippen MR) is 78.2 cm³/mol. The number of carboxylic acid groups (broad SMARTS) is 1. The topological polar surface area (TPSA) is 92.9 Å². The van der Waals surface area contributed by atoms with Gasteiger partial charge in [-0.2, -0.15) is 0 Å². The van der Waals surface area contributed by atoms with Crippen molar-refractivity contribution in [2.45, 2.75) is 45.4 Å².